The van der Waals surface area contributed by atoms with Gasteiger partial charge in [0.1, 0.15) is 5.25 Å². The van der Waals surface area contributed by atoms with Gasteiger partial charge in [-0.3, -0.25) is 19.7 Å². The fraction of sp³-hybridized carbons (Fsp3) is 0.0370. The Kier molecular flexibility index (Phi) is 8.34. The maximum atomic E-state index is 13.3. The third kappa shape index (κ3) is 6.70. The van der Waals surface area contributed by atoms with Crippen molar-refractivity contribution in [2.75, 3.05) is 10.6 Å². The first-order valence-electron chi connectivity index (χ1n) is 10.8. The van der Waals surface area contributed by atoms with E-state index >= 15 is 0 Å². The molecule has 0 aliphatic heterocycles. The topological polar surface area (TPSA) is 101 Å². The van der Waals surface area contributed by atoms with Gasteiger partial charge >= 0.3 is 0 Å². The molecule has 180 valence electrons. The van der Waals surface area contributed by atoms with E-state index in [1.165, 1.54) is 36.0 Å². The molecule has 0 heterocycles. The van der Waals surface area contributed by atoms with Gasteiger partial charge in [-0.1, -0.05) is 42.5 Å². The zero-order valence-electron chi connectivity index (χ0n) is 18.8. The largest absolute Gasteiger partial charge is 0.325 e. The number of rotatable bonds is 8. The van der Waals surface area contributed by atoms with Crippen LogP contribution in [0.1, 0.15) is 21.2 Å². The van der Waals surface area contributed by atoms with Crippen LogP contribution in [0, 0.1) is 13.7 Å². The molecule has 0 aliphatic rings. The average Bonchev–Trinajstić information content (AvgIpc) is 2.89. The van der Waals surface area contributed by atoms with Gasteiger partial charge in [-0.05, 0) is 76.7 Å². The second-order valence-corrected chi connectivity index (χ2v) is 10.1. The third-order valence-electron chi connectivity index (χ3n) is 5.12. The number of hydrogen-bond donors (Lipinski definition) is 2. The first-order valence-corrected chi connectivity index (χ1v) is 12.8. The molecule has 0 aromatic heterocycles. The standard InChI is InChI=1S/C27H20IN3O4S/c28-20-12-14-21(15-13-20)29-27(33)25(18-6-2-1-3-7-18)36-24-11-5-9-22(17-24)30-26(32)19-8-4-10-23(16-19)31(34)35/h1-17,25H,(H,29,33)(H,30,32). The summed E-state index contributed by atoms with van der Waals surface area (Å²) in [6, 6.07) is 29.7. The van der Waals surface area contributed by atoms with Crippen molar-refractivity contribution >= 4 is 63.2 Å². The summed E-state index contributed by atoms with van der Waals surface area (Å²) in [5, 5.41) is 16.2. The SMILES string of the molecule is O=C(Nc1cccc(SC(C(=O)Nc2ccc(I)cc2)c2ccccc2)c1)c1cccc([N+](=O)[O-])c1. The minimum atomic E-state index is -0.543. The Morgan fingerprint density at radius 1 is 0.806 bits per heavy atom. The van der Waals surface area contributed by atoms with Crippen molar-refractivity contribution in [2.24, 2.45) is 0 Å². The smallest absolute Gasteiger partial charge is 0.270 e. The second-order valence-electron chi connectivity index (χ2n) is 7.69. The highest BCUT2D eigenvalue weighted by Crippen LogP contribution is 2.37. The van der Waals surface area contributed by atoms with Gasteiger partial charge in [-0.25, -0.2) is 0 Å². The lowest BCUT2D eigenvalue weighted by atomic mass is 10.1. The number of nitrogens with one attached hydrogen (secondary N) is 2. The molecule has 4 aromatic rings. The normalized spacial score (nSPS) is 11.4. The Balaban J connectivity index is 1.53. The van der Waals surface area contributed by atoms with Gasteiger partial charge in [-0.15, -0.1) is 11.8 Å². The maximum Gasteiger partial charge on any atom is 0.270 e. The molecule has 0 radical (unpaired) electrons. The van der Waals surface area contributed by atoms with Crippen molar-refractivity contribution in [3.05, 3.63) is 128 Å². The minimum absolute atomic E-state index is 0.156. The zero-order valence-corrected chi connectivity index (χ0v) is 21.7. The van der Waals surface area contributed by atoms with Crippen LogP contribution in [-0.2, 0) is 4.79 Å². The highest BCUT2D eigenvalue weighted by Gasteiger charge is 2.22. The van der Waals surface area contributed by atoms with Crippen LogP contribution in [0.4, 0.5) is 17.1 Å². The highest BCUT2D eigenvalue weighted by molar-refractivity contribution is 14.1. The van der Waals surface area contributed by atoms with E-state index in [1.54, 1.807) is 18.2 Å². The predicted molar refractivity (Wildman–Crippen MR) is 150 cm³/mol. The van der Waals surface area contributed by atoms with Crippen molar-refractivity contribution in [3.8, 4) is 0 Å². The zero-order chi connectivity index (χ0) is 25.5. The van der Waals surface area contributed by atoms with E-state index in [9.17, 15) is 19.7 Å². The Bertz CT molecular complexity index is 1400. The lowest BCUT2D eigenvalue weighted by Crippen LogP contribution is -2.19. The van der Waals surface area contributed by atoms with E-state index in [1.807, 2.05) is 60.7 Å². The summed E-state index contributed by atoms with van der Waals surface area (Å²) < 4.78 is 1.07. The molecule has 0 saturated carbocycles. The fourth-order valence-corrected chi connectivity index (χ4v) is 4.83. The van der Waals surface area contributed by atoms with Gasteiger partial charge in [0, 0.05) is 37.5 Å². The number of nitrogens with zero attached hydrogens (tertiary/aromatic N) is 1. The van der Waals surface area contributed by atoms with Crippen LogP contribution < -0.4 is 10.6 Å². The summed E-state index contributed by atoms with van der Waals surface area (Å²) in [6.07, 6.45) is 0. The number of nitro groups is 1. The first-order chi connectivity index (χ1) is 17.4. The Labute approximate surface area is 225 Å². The number of amides is 2. The number of benzene rings is 4. The second kappa shape index (κ2) is 11.8. The molecule has 0 bridgehead atoms. The predicted octanol–water partition coefficient (Wildman–Crippen LogP) is 6.92. The first kappa shape index (κ1) is 25.4. The molecule has 1 atom stereocenters. The number of nitro benzene ring substituents is 1. The van der Waals surface area contributed by atoms with Gasteiger partial charge in [0.2, 0.25) is 5.91 Å². The van der Waals surface area contributed by atoms with Crippen molar-refractivity contribution in [2.45, 2.75) is 10.1 Å². The number of thioether (sulfide) groups is 1. The Hall–Kier alpha value is -3.70. The molecule has 9 heteroatoms. The van der Waals surface area contributed by atoms with E-state index < -0.39 is 16.1 Å². The van der Waals surface area contributed by atoms with Crippen LogP contribution in [0.2, 0.25) is 0 Å². The number of carbonyl (C=O) groups excluding carboxylic acids is 2. The summed E-state index contributed by atoms with van der Waals surface area (Å²) in [5.41, 5.74) is 2.09. The summed E-state index contributed by atoms with van der Waals surface area (Å²) in [5.74, 6) is -0.629. The van der Waals surface area contributed by atoms with E-state index in [0.717, 1.165) is 14.0 Å². The number of carbonyl (C=O) groups is 2. The van der Waals surface area contributed by atoms with Crippen molar-refractivity contribution in [3.63, 3.8) is 0 Å². The number of halogens is 1. The van der Waals surface area contributed by atoms with Crippen molar-refractivity contribution < 1.29 is 14.5 Å². The molecule has 7 nitrogen and oxygen atoms in total. The van der Waals surface area contributed by atoms with E-state index in [2.05, 4.69) is 33.2 Å². The summed E-state index contributed by atoms with van der Waals surface area (Å²) in [6.45, 7) is 0. The third-order valence-corrected chi connectivity index (χ3v) is 7.08. The Morgan fingerprint density at radius 2 is 1.53 bits per heavy atom. The van der Waals surface area contributed by atoms with Crippen LogP contribution in [0.25, 0.3) is 0 Å². The molecule has 0 aliphatic carbocycles. The number of non-ortho nitro benzene ring substituents is 1. The van der Waals surface area contributed by atoms with Crippen LogP contribution in [0.3, 0.4) is 0 Å². The number of hydrogen-bond acceptors (Lipinski definition) is 5. The molecule has 0 fully saturated rings. The van der Waals surface area contributed by atoms with Crippen LogP contribution in [0.15, 0.2) is 108 Å². The average molecular weight is 609 g/mol. The molecule has 0 spiro atoms. The molecule has 36 heavy (non-hydrogen) atoms. The van der Waals surface area contributed by atoms with Crippen LogP contribution in [0.5, 0.6) is 0 Å². The minimum Gasteiger partial charge on any atom is -0.325 e. The lowest BCUT2D eigenvalue weighted by Gasteiger charge is -2.18. The molecule has 1 unspecified atom stereocenters. The molecule has 2 N–H and O–H groups in total. The van der Waals surface area contributed by atoms with Crippen LogP contribution in [-0.4, -0.2) is 16.7 Å². The van der Waals surface area contributed by atoms with E-state index in [0.29, 0.717) is 11.4 Å². The van der Waals surface area contributed by atoms with Gasteiger partial charge in [0.05, 0.1) is 4.92 Å². The van der Waals surface area contributed by atoms with Gasteiger partial charge in [0.15, 0.2) is 0 Å². The van der Waals surface area contributed by atoms with Crippen molar-refractivity contribution in [1.29, 1.82) is 0 Å². The Morgan fingerprint density at radius 3 is 2.25 bits per heavy atom. The maximum absolute atomic E-state index is 13.3. The molecule has 0 saturated heterocycles. The van der Waals surface area contributed by atoms with Gasteiger partial charge < -0.3 is 10.6 Å². The molecular weight excluding hydrogens is 589 g/mol. The van der Waals surface area contributed by atoms with E-state index in [4.69, 9.17) is 0 Å². The number of anilines is 2. The van der Waals surface area contributed by atoms with E-state index in [-0.39, 0.29) is 17.2 Å². The summed E-state index contributed by atoms with van der Waals surface area (Å²) in [7, 11) is 0. The molecular formula is C27H20IN3O4S. The van der Waals surface area contributed by atoms with Gasteiger partial charge in [-0.2, -0.15) is 0 Å². The van der Waals surface area contributed by atoms with Crippen molar-refractivity contribution in [1.82, 2.24) is 0 Å². The molecule has 4 rings (SSSR count). The summed E-state index contributed by atoms with van der Waals surface area (Å²) >= 11 is 3.57. The fourth-order valence-electron chi connectivity index (χ4n) is 3.39. The molecule has 4 aromatic carbocycles. The molecule has 2 amide bonds. The lowest BCUT2D eigenvalue weighted by molar-refractivity contribution is -0.384. The quantitative estimate of drug-likeness (QED) is 0.0978. The summed E-state index contributed by atoms with van der Waals surface area (Å²) in [4.78, 5) is 37.2. The van der Waals surface area contributed by atoms with Crippen LogP contribution >= 0.6 is 34.4 Å². The highest BCUT2D eigenvalue weighted by atomic mass is 127. The van der Waals surface area contributed by atoms with Gasteiger partial charge in [0.25, 0.3) is 11.6 Å². The monoisotopic (exact) mass is 609 g/mol.